The number of nitrogens with one attached hydrogen (secondary N) is 1. The van der Waals surface area contributed by atoms with Gasteiger partial charge in [0.05, 0.1) is 12.0 Å². The molecule has 1 N–H and O–H groups in total. The van der Waals surface area contributed by atoms with Crippen LogP contribution in [-0.4, -0.2) is 34.3 Å². The molecule has 0 unspecified atom stereocenters. The fraction of sp³-hybridized carbons (Fsp3) is 0.211. The van der Waals surface area contributed by atoms with Crippen LogP contribution in [0.2, 0.25) is 0 Å². The van der Waals surface area contributed by atoms with Crippen LogP contribution in [0.1, 0.15) is 11.1 Å². The average molecular weight is 411 g/mol. The minimum atomic E-state index is -3.40. The topological polar surface area (TPSA) is 81.7 Å². The van der Waals surface area contributed by atoms with Gasteiger partial charge < -0.3 is 14.8 Å². The molecule has 28 heavy (non-hydrogen) atoms. The molecule has 0 aliphatic heterocycles. The zero-order valence-electron chi connectivity index (χ0n) is 15.4. The number of ether oxygens (including phenoxy) is 2. The summed E-state index contributed by atoms with van der Waals surface area (Å²) in [6.07, 6.45) is 3.77. The Morgan fingerprint density at radius 3 is 2.46 bits per heavy atom. The lowest BCUT2D eigenvalue weighted by molar-refractivity contribution is -0.111. The van der Waals surface area contributed by atoms with E-state index in [1.54, 1.807) is 13.0 Å². The van der Waals surface area contributed by atoms with Crippen LogP contribution in [0.15, 0.2) is 47.4 Å². The van der Waals surface area contributed by atoms with Crippen molar-refractivity contribution >= 4 is 27.5 Å². The van der Waals surface area contributed by atoms with E-state index in [2.05, 4.69) is 10.1 Å². The highest BCUT2D eigenvalue weighted by Crippen LogP contribution is 2.30. The molecule has 2 aromatic rings. The Morgan fingerprint density at radius 2 is 1.86 bits per heavy atom. The number of hydrogen-bond acceptors (Lipinski definition) is 5. The summed E-state index contributed by atoms with van der Waals surface area (Å²) in [7, 11) is -2.09. The zero-order chi connectivity index (χ0) is 20.9. The van der Waals surface area contributed by atoms with Gasteiger partial charge in [-0.3, -0.25) is 4.79 Å². The molecule has 0 saturated heterocycles. The molecule has 0 aromatic heterocycles. The van der Waals surface area contributed by atoms with Crippen LogP contribution in [0.5, 0.6) is 11.5 Å². The smallest absolute Gasteiger partial charge is 0.387 e. The van der Waals surface area contributed by atoms with Gasteiger partial charge in [-0.05, 0) is 48.4 Å². The molecule has 1 amide bonds. The molecule has 0 atom stereocenters. The predicted molar refractivity (Wildman–Crippen MR) is 102 cm³/mol. The molecule has 0 radical (unpaired) electrons. The first-order chi connectivity index (χ1) is 13.1. The minimum absolute atomic E-state index is 0.0942. The Morgan fingerprint density at radius 1 is 1.14 bits per heavy atom. The molecule has 150 valence electrons. The number of alkyl halides is 2. The number of sulfone groups is 1. The maximum absolute atomic E-state index is 12.4. The summed E-state index contributed by atoms with van der Waals surface area (Å²) in [5.74, 6) is -0.507. The number of anilines is 1. The van der Waals surface area contributed by atoms with Crippen LogP contribution in [0.4, 0.5) is 14.5 Å². The molecule has 0 spiro atoms. The van der Waals surface area contributed by atoms with E-state index in [9.17, 15) is 22.0 Å². The number of aryl methyl sites for hydroxylation is 1. The molecule has 0 saturated carbocycles. The predicted octanol–water partition coefficient (Wildman–Crippen LogP) is 3.66. The van der Waals surface area contributed by atoms with Gasteiger partial charge in [0.15, 0.2) is 21.3 Å². The zero-order valence-corrected chi connectivity index (χ0v) is 16.2. The van der Waals surface area contributed by atoms with E-state index < -0.39 is 22.4 Å². The summed E-state index contributed by atoms with van der Waals surface area (Å²) in [6.45, 7) is -1.25. The Hall–Kier alpha value is -2.94. The summed E-state index contributed by atoms with van der Waals surface area (Å²) < 4.78 is 57.3. The lowest BCUT2D eigenvalue weighted by Gasteiger charge is -2.10. The number of hydrogen-bond donors (Lipinski definition) is 1. The van der Waals surface area contributed by atoms with Crippen LogP contribution in [-0.2, 0) is 14.6 Å². The first-order valence-electron chi connectivity index (χ1n) is 8.03. The number of halogens is 2. The third-order valence-corrected chi connectivity index (χ3v) is 4.84. The van der Waals surface area contributed by atoms with Crippen molar-refractivity contribution in [1.29, 1.82) is 0 Å². The fourth-order valence-corrected chi connectivity index (χ4v) is 2.94. The first-order valence-corrected chi connectivity index (χ1v) is 9.92. The summed E-state index contributed by atoms with van der Waals surface area (Å²) in [5.41, 5.74) is 1.59. The molecule has 2 aromatic carbocycles. The third kappa shape index (κ3) is 5.78. The van der Waals surface area contributed by atoms with Gasteiger partial charge in [0.2, 0.25) is 5.91 Å². The van der Waals surface area contributed by atoms with Crippen molar-refractivity contribution in [2.45, 2.75) is 18.4 Å². The highest BCUT2D eigenvalue weighted by atomic mass is 32.2. The van der Waals surface area contributed by atoms with Gasteiger partial charge in [-0.1, -0.05) is 12.1 Å². The minimum Gasteiger partial charge on any atom is -0.493 e. The molecule has 0 bridgehead atoms. The molecule has 0 fully saturated rings. The van der Waals surface area contributed by atoms with Crippen molar-refractivity contribution in [2.75, 3.05) is 18.7 Å². The Kier molecular flexibility index (Phi) is 6.74. The highest BCUT2D eigenvalue weighted by molar-refractivity contribution is 7.90. The number of benzene rings is 2. The van der Waals surface area contributed by atoms with Gasteiger partial charge >= 0.3 is 6.61 Å². The lowest BCUT2D eigenvalue weighted by Crippen LogP contribution is -2.10. The van der Waals surface area contributed by atoms with Crippen molar-refractivity contribution in [2.24, 2.45) is 0 Å². The number of carbonyl (C=O) groups is 1. The van der Waals surface area contributed by atoms with Crippen molar-refractivity contribution in [3.05, 3.63) is 53.6 Å². The van der Waals surface area contributed by atoms with E-state index in [1.165, 1.54) is 49.6 Å². The lowest BCUT2D eigenvalue weighted by atomic mass is 10.1. The Labute approximate surface area is 161 Å². The van der Waals surface area contributed by atoms with Gasteiger partial charge in [0.1, 0.15) is 0 Å². The van der Waals surface area contributed by atoms with Crippen LogP contribution in [0.25, 0.3) is 6.08 Å². The molecule has 0 aliphatic rings. The second-order valence-corrected chi connectivity index (χ2v) is 7.88. The van der Waals surface area contributed by atoms with E-state index in [0.717, 1.165) is 6.26 Å². The van der Waals surface area contributed by atoms with Gasteiger partial charge in [-0.25, -0.2) is 8.42 Å². The van der Waals surface area contributed by atoms with Crippen LogP contribution >= 0.6 is 0 Å². The van der Waals surface area contributed by atoms with Crippen LogP contribution < -0.4 is 14.8 Å². The van der Waals surface area contributed by atoms with E-state index in [-0.39, 0.29) is 16.4 Å². The van der Waals surface area contributed by atoms with Crippen molar-refractivity contribution < 1.29 is 31.5 Å². The van der Waals surface area contributed by atoms with Gasteiger partial charge in [0.25, 0.3) is 0 Å². The summed E-state index contributed by atoms with van der Waals surface area (Å²) in [5, 5.41) is 2.61. The number of methoxy groups -OCH3 is 1. The Balaban J connectivity index is 2.16. The molecule has 0 heterocycles. The largest absolute Gasteiger partial charge is 0.493 e. The monoisotopic (exact) mass is 411 g/mol. The standard InChI is InChI=1S/C19H19F2NO5S/c1-12-4-7-14(28(3,24)25)11-15(12)22-18(23)9-6-13-5-8-16(27-19(20)21)17(10-13)26-2/h4-11,19H,1-3H3,(H,22,23)/b9-6+. The van der Waals surface area contributed by atoms with Crippen molar-refractivity contribution in [3.8, 4) is 11.5 Å². The van der Waals surface area contributed by atoms with Crippen LogP contribution in [0.3, 0.4) is 0 Å². The average Bonchev–Trinajstić information content (AvgIpc) is 2.61. The maximum Gasteiger partial charge on any atom is 0.387 e. The second kappa shape index (κ2) is 8.83. The van der Waals surface area contributed by atoms with E-state index >= 15 is 0 Å². The van der Waals surface area contributed by atoms with Gasteiger partial charge in [0, 0.05) is 18.0 Å². The molecule has 6 nitrogen and oxygen atoms in total. The second-order valence-electron chi connectivity index (χ2n) is 5.86. The summed E-state index contributed by atoms with van der Waals surface area (Å²) >= 11 is 0. The molecular formula is C19H19F2NO5S. The Bertz CT molecular complexity index is 1000. The maximum atomic E-state index is 12.4. The van der Waals surface area contributed by atoms with E-state index in [1.807, 2.05) is 0 Å². The van der Waals surface area contributed by atoms with Crippen molar-refractivity contribution in [3.63, 3.8) is 0 Å². The quantitative estimate of drug-likeness (QED) is 0.704. The van der Waals surface area contributed by atoms with E-state index in [4.69, 9.17) is 4.74 Å². The van der Waals surface area contributed by atoms with Crippen LogP contribution in [0, 0.1) is 6.92 Å². The number of carbonyl (C=O) groups excluding carboxylic acids is 1. The first kappa shape index (κ1) is 21.4. The SMILES string of the molecule is COc1cc(/C=C/C(=O)Nc2cc(S(C)(=O)=O)ccc2C)ccc1OC(F)F. The summed E-state index contributed by atoms with van der Waals surface area (Å²) in [4.78, 5) is 12.3. The molecule has 2 rings (SSSR count). The van der Waals surface area contributed by atoms with Gasteiger partial charge in [-0.2, -0.15) is 8.78 Å². The van der Waals surface area contributed by atoms with Gasteiger partial charge in [-0.15, -0.1) is 0 Å². The van der Waals surface area contributed by atoms with Crippen molar-refractivity contribution in [1.82, 2.24) is 0 Å². The summed E-state index contributed by atoms with van der Waals surface area (Å²) in [6, 6.07) is 8.68. The number of rotatable bonds is 7. The highest BCUT2D eigenvalue weighted by Gasteiger charge is 2.12. The third-order valence-electron chi connectivity index (χ3n) is 3.73. The molecular weight excluding hydrogens is 392 g/mol. The number of amides is 1. The van der Waals surface area contributed by atoms with E-state index in [0.29, 0.717) is 16.8 Å². The fourth-order valence-electron chi connectivity index (χ4n) is 2.29. The normalized spacial score (nSPS) is 11.6. The molecule has 9 heteroatoms. The molecule has 0 aliphatic carbocycles.